The molecule has 1 aromatic rings. The molecule has 1 heterocycles. The van der Waals surface area contributed by atoms with E-state index in [1.807, 2.05) is 11.4 Å². The highest BCUT2D eigenvalue weighted by molar-refractivity contribution is 7.10. The molecule has 0 radical (unpaired) electrons. The summed E-state index contributed by atoms with van der Waals surface area (Å²) in [6.07, 6.45) is 1.72. The molecule has 0 aromatic carbocycles. The van der Waals surface area contributed by atoms with Crippen molar-refractivity contribution in [2.45, 2.75) is 38.7 Å². The summed E-state index contributed by atoms with van der Waals surface area (Å²) < 4.78 is 0. The highest BCUT2D eigenvalue weighted by atomic mass is 32.1. The molecule has 0 spiro atoms. The van der Waals surface area contributed by atoms with Crippen LogP contribution in [0.5, 0.6) is 0 Å². The van der Waals surface area contributed by atoms with Gasteiger partial charge in [-0.2, -0.15) is 0 Å². The summed E-state index contributed by atoms with van der Waals surface area (Å²) in [5.41, 5.74) is 5.76. The summed E-state index contributed by atoms with van der Waals surface area (Å²) >= 11 is 1.68. The Kier molecular flexibility index (Phi) is 5.29. The third kappa shape index (κ3) is 3.03. The van der Waals surface area contributed by atoms with Gasteiger partial charge in [0.15, 0.2) is 0 Å². The average Bonchev–Trinajstić information content (AvgIpc) is 2.74. The van der Waals surface area contributed by atoms with Crippen LogP contribution in [0.1, 0.15) is 37.5 Å². The fourth-order valence-electron chi connectivity index (χ4n) is 2.03. The van der Waals surface area contributed by atoms with Gasteiger partial charge in [0.05, 0.1) is 6.10 Å². The molecule has 0 aliphatic carbocycles. The van der Waals surface area contributed by atoms with Crippen LogP contribution in [0.4, 0.5) is 0 Å². The quantitative estimate of drug-likeness (QED) is 0.784. The lowest BCUT2D eigenvalue weighted by atomic mass is 9.86. The third-order valence-electron chi connectivity index (χ3n) is 3.11. The number of hydrogen-bond donors (Lipinski definition) is 2. The lowest BCUT2D eigenvalue weighted by Crippen LogP contribution is -2.31. The predicted octanol–water partition coefficient (Wildman–Crippen LogP) is 2.59. The molecule has 2 nitrogen and oxygen atoms in total. The summed E-state index contributed by atoms with van der Waals surface area (Å²) in [4.78, 5) is 1.21. The van der Waals surface area contributed by atoms with E-state index in [1.54, 1.807) is 11.3 Å². The van der Waals surface area contributed by atoms with Crippen LogP contribution in [-0.4, -0.2) is 17.8 Å². The molecule has 0 aliphatic heterocycles. The first-order chi connectivity index (χ1) is 7.24. The van der Waals surface area contributed by atoms with E-state index in [-0.39, 0.29) is 12.0 Å². The minimum absolute atomic E-state index is 0.106. The second kappa shape index (κ2) is 6.26. The Hall–Kier alpha value is -0.380. The van der Waals surface area contributed by atoms with Crippen molar-refractivity contribution < 1.29 is 5.11 Å². The van der Waals surface area contributed by atoms with Crippen LogP contribution in [0.15, 0.2) is 17.5 Å². The Balaban J connectivity index is 2.74. The standard InChI is InChI=1S/C12H21NOS/c1-3-9(4-2)12(14)10(8-13)11-6-5-7-15-11/h5-7,9-10,12,14H,3-4,8,13H2,1-2H3. The molecular formula is C12H21NOS. The van der Waals surface area contributed by atoms with Gasteiger partial charge < -0.3 is 10.8 Å². The molecule has 0 fully saturated rings. The van der Waals surface area contributed by atoms with Gasteiger partial charge >= 0.3 is 0 Å². The monoisotopic (exact) mass is 227 g/mol. The Morgan fingerprint density at radius 1 is 1.40 bits per heavy atom. The molecule has 86 valence electrons. The van der Waals surface area contributed by atoms with E-state index in [2.05, 4.69) is 19.9 Å². The van der Waals surface area contributed by atoms with Crippen LogP contribution in [0, 0.1) is 5.92 Å². The van der Waals surface area contributed by atoms with Crippen molar-refractivity contribution in [1.82, 2.24) is 0 Å². The Morgan fingerprint density at radius 3 is 2.47 bits per heavy atom. The summed E-state index contributed by atoms with van der Waals surface area (Å²) in [6.45, 7) is 4.77. The van der Waals surface area contributed by atoms with Gasteiger partial charge in [0, 0.05) is 17.3 Å². The zero-order chi connectivity index (χ0) is 11.3. The van der Waals surface area contributed by atoms with E-state index in [0.717, 1.165) is 12.8 Å². The first-order valence-electron chi connectivity index (χ1n) is 5.66. The van der Waals surface area contributed by atoms with Crippen molar-refractivity contribution in [3.63, 3.8) is 0 Å². The molecule has 3 heteroatoms. The van der Waals surface area contributed by atoms with Crippen LogP contribution in [0.25, 0.3) is 0 Å². The van der Waals surface area contributed by atoms with Crippen LogP contribution in [-0.2, 0) is 0 Å². The molecule has 1 rings (SSSR count). The molecule has 1 aromatic heterocycles. The Labute approximate surface area is 96.1 Å². The van der Waals surface area contributed by atoms with Gasteiger partial charge in [0.2, 0.25) is 0 Å². The van der Waals surface area contributed by atoms with Crippen molar-refractivity contribution in [3.05, 3.63) is 22.4 Å². The predicted molar refractivity (Wildman–Crippen MR) is 66.2 cm³/mol. The van der Waals surface area contributed by atoms with Gasteiger partial charge in [0.25, 0.3) is 0 Å². The van der Waals surface area contributed by atoms with Gasteiger partial charge in [-0.3, -0.25) is 0 Å². The van der Waals surface area contributed by atoms with Crippen molar-refractivity contribution in [1.29, 1.82) is 0 Å². The maximum absolute atomic E-state index is 10.3. The van der Waals surface area contributed by atoms with E-state index in [1.165, 1.54) is 4.88 Å². The first-order valence-corrected chi connectivity index (χ1v) is 6.54. The summed E-state index contributed by atoms with van der Waals surface area (Å²) in [7, 11) is 0. The van der Waals surface area contributed by atoms with E-state index in [0.29, 0.717) is 12.5 Å². The van der Waals surface area contributed by atoms with Crippen LogP contribution in [0.3, 0.4) is 0 Å². The highest BCUT2D eigenvalue weighted by Gasteiger charge is 2.26. The second-order valence-electron chi connectivity index (χ2n) is 3.92. The highest BCUT2D eigenvalue weighted by Crippen LogP contribution is 2.29. The average molecular weight is 227 g/mol. The molecule has 0 bridgehead atoms. The first kappa shape index (κ1) is 12.7. The van der Waals surface area contributed by atoms with Crippen molar-refractivity contribution in [2.24, 2.45) is 11.7 Å². The van der Waals surface area contributed by atoms with E-state index in [4.69, 9.17) is 5.73 Å². The number of aliphatic hydroxyl groups excluding tert-OH is 1. The smallest absolute Gasteiger partial charge is 0.0656 e. The number of thiophene rings is 1. The van der Waals surface area contributed by atoms with Gasteiger partial charge in [0.1, 0.15) is 0 Å². The van der Waals surface area contributed by atoms with Crippen molar-refractivity contribution >= 4 is 11.3 Å². The Bertz CT molecular complexity index is 257. The topological polar surface area (TPSA) is 46.2 Å². The maximum Gasteiger partial charge on any atom is 0.0656 e. The summed E-state index contributed by atoms with van der Waals surface area (Å²) in [6, 6.07) is 4.08. The van der Waals surface area contributed by atoms with E-state index < -0.39 is 0 Å². The number of rotatable bonds is 6. The number of hydrogen-bond acceptors (Lipinski definition) is 3. The fraction of sp³-hybridized carbons (Fsp3) is 0.667. The van der Waals surface area contributed by atoms with Crippen LogP contribution < -0.4 is 5.73 Å². The summed E-state index contributed by atoms with van der Waals surface area (Å²) in [5.74, 6) is 0.468. The zero-order valence-electron chi connectivity index (χ0n) is 9.52. The van der Waals surface area contributed by atoms with E-state index >= 15 is 0 Å². The molecule has 0 amide bonds. The zero-order valence-corrected chi connectivity index (χ0v) is 10.3. The molecule has 0 saturated heterocycles. The normalized spacial score (nSPS) is 15.5. The van der Waals surface area contributed by atoms with Crippen LogP contribution >= 0.6 is 11.3 Å². The van der Waals surface area contributed by atoms with Gasteiger partial charge in [-0.1, -0.05) is 32.8 Å². The maximum atomic E-state index is 10.3. The fourth-order valence-corrected chi connectivity index (χ4v) is 2.91. The lowest BCUT2D eigenvalue weighted by molar-refractivity contribution is 0.0790. The minimum Gasteiger partial charge on any atom is -0.392 e. The van der Waals surface area contributed by atoms with Crippen molar-refractivity contribution in [2.75, 3.05) is 6.54 Å². The van der Waals surface area contributed by atoms with Crippen LogP contribution in [0.2, 0.25) is 0 Å². The van der Waals surface area contributed by atoms with Gasteiger partial charge in [-0.25, -0.2) is 0 Å². The van der Waals surface area contributed by atoms with Gasteiger partial charge in [-0.05, 0) is 17.4 Å². The lowest BCUT2D eigenvalue weighted by Gasteiger charge is -2.27. The SMILES string of the molecule is CCC(CC)C(O)C(CN)c1cccs1. The van der Waals surface area contributed by atoms with Crippen molar-refractivity contribution in [3.8, 4) is 0 Å². The van der Waals surface area contributed by atoms with E-state index in [9.17, 15) is 5.11 Å². The second-order valence-corrected chi connectivity index (χ2v) is 4.90. The summed E-state index contributed by atoms with van der Waals surface area (Å²) in [5, 5.41) is 12.3. The van der Waals surface area contributed by atoms with Gasteiger partial charge in [-0.15, -0.1) is 11.3 Å². The molecule has 3 N–H and O–H groups in total. The molecule has 15 heavy (non-hydrogen) atoms. The number of nitrogens with two attached hydrogens (primary N) is 1. The molecule has 0 aliphatic rings. The number of aliphatic hydroxyl groups is 1. The molecule has 2 unspecified atom stereocenters. The largest absolute Gasteiger partial charge is 0.392 e. The molecule has 0 saturated carbocycles. The third-order valence-corrected chi connectivity index (χ3v) is 4.11. The molecular weight excluding hydrogens is 206 g/mol. The molecule has 2 atom stereocenters. The Morgan fingerprint density at radius 2 is 2.07 bits per heavy atom. The minimum atomic E-state index is -0.302.